The maximum absolute atomic E-state index is 4.14. The molecular formula is C18H37B. The van der Waals surface area contributed by atoms with Crippen LogP contribution in [-0.2, 0) is 0 Å². The monoisotopic (exact) mass is 264 g/mol. The topological polar surface area (TPSA) is 0 Å². The third kappa shape index (κ3) is 6.19. The minimum absolute atomic E-state index is 0.696. The van der Waals surface area contributed by atoms with Crippen molar-refractivity contribution < 1.29 is 0 Å². The van der Waals surface area contributed by atoms with E-state index < -0.39 is 0 Å². The molecule has 3 atom stereocenters. The van der Waals surface area contributed by atoms with Gasteiger partial charge in [-0.25, -0.2) is 0 Å². The summed E-state index contributed by atoms with van der Waals surface area (Å²) in [5, 5.41) is 0. The zero-order chi connectivity index (χ0) is 15.0. The average Bonchev–Trinajstić information content (AvgIpc) is 2.36. The van der Waals surface area contributed by atoms with E-state index in [2.05, 4.69) is 61.1 Å². The van der Waals surface area contributed by atoms with Crippen molar-refractivity contribution in [2.75, 3.05) is 0 Å². The second-order valence-corrected chi connectivity index (χ2v) is 7.18. The number of unbranched alkanes of at least 4 members (excludes halogenated alkanes) is 2. The van der Waals surface area contributed by atoms with Crippen LogP contribution in [0.2, 0.25) is 17.5 Å². The molecule has 0 fully saturated rings. The lowest BCUT2D eigenvalue weighted by atomic mass is 9.25. The van der Waals surface area contributed by atoms with Crippen molar-refractivity contribution in [3.63, 3.8) is 0 Å². The maximum atomic E-state index is 4.14. The van der Waals surface area contributed by atoms with Gasteiger partial charge in [-0.15, -0.1) is 6.58 Å². The number of allylic oxidation sites excluding steroid dienone is 1. The highest BCUT2D eigenvalue weighted by Gasteiger charge is 2.35. The highest BCUT2D eigenvalue weighted by molar-refractivity contribution is 6.64. The normalized spacial score (nSPS) is 16.5. The molecule has 0 aliphatic carbocycles. The summed E-state index contributed by atoms with van der Waals surface area (Å²) in [4.78, 5) is 0. The summed E-state index contributed by atoms with van der Waals surface area (Å²) in [6.07, 6.45) is 7.62. The summed E-state index contributed by atoms with van der Waals surface area (Å²) in [5.74, 6) is 3.78. The van der Waals surface area contributed by atoms with Gasteiger partial charge in [0.05, 0.1) is 0 Å². The Hall–Kier alpha value is -0.195. The van der Waals surface area contributed by atoms with Crippen LogP contribution in [0.1, 0.15) is 74.1 Å². The molecule has 0 aromatic rings. The predicted molar refractivity (Wildman–Crippen MR) is 92.4 cm³/mol. The first kappa shape index (κ1) is 18.8. The van der Waals surface area contributed by atoms with Crippen LogP contribution < -0.4 is 0 Å². The third-order valence-corrected chi connectivity index (χ3v) is 5.26. The molecule has 0 rings (SSSR count). The molecule has 0 bridgehead atoms. The SMILES string of the molecule is C=CC(CCCCC)B(C(C)C(C)C)C(C)C(C)C. The lowest BCUT2D eigenvalue weighted by molar-refractivity contribution is 0.544. The molecule has 0 aromatic carbocycles. The molecule has 0 saturated heterocycles. The standard InChI is InChI=1S/C18H37B/c1-9-11-12-13-18(10-2)19(16(7)14(3)4)17(8)15(5)6/h10,14-18H,2,9,11-13H2,1,3-8H3. The van der Waals surface area contributed by atoms with Crippen LogP contribution in [0.5, 0.6) is 0 Å². The molecule has 19 heavy (non-hydrogen) atoms. The Balaban J connectivity index is 4.90. The van der Waals surface area contributed by atoms with Crippen molar-refractivity contribution in [1.29, 1.82) is 0 Å². The molecule has 0 aliphatic heterocycles. The van der Waals surface area contributed by atoms with Crippen LogP contribution in [0.4, 0.5) is 0 Å². The number of hydrogen-bond acceptors (Lipinski definition) is 0. The van der Waals surface area contributed by atoms with Gasteiger partial charge in [0.25, 0.3) is 0 Å². The number of hydrogen-bond donors (Lipinski definition) is 0. The first-order chi connectivity index (χ1) is 8.86. The maximum Gasteiger partial charge on any atom is 0.153 e. The first-order valence-electron chi connectivity index (χ1n) is 8.49. The molecule has 0 spiro atoms. The average molecular weight is 264 g/mol. The highest BCUT2D eigenvalue weighted by atomic mass is 14.2. The van der Waals surface area contributed by atoms with Crippen LogP contribution in [-0.4, -0.2) is 6.71 Å². The summed E-state index contributed by atoms with van der Waals surface area (Å²) in [5.41, 5.74) is 0. The fourth-order valence-corrected chi connectivity index (χ4v) is 3.25. The van der Waals surface area contributed by atoms with E-state index >= 15 is 0 Å². The van der Waals surface area contributed by atoms with Crippen molar-refractivity contribution in [2.45, 2.75) is 91.6 Å². The zero-order valence-corrected chi connectivity index (χ0v) is 14.6. The van der Waals surface area contributed by atoms with Gasteiger partial charge in [0, 0.05) is 0 Å². The van der Waals surface area contributed by atoms with Gasteiger partial charge < -0.3 is 0 Å². The third-order valence-electron chi connectivity index (χ3n) is 5.26. The highest BCUT2D eigenvalue weighted by Crippen LogP contribution is 2.41. The van der Waals surface area contributed by atoms with Gasteiger partial charge in [-0.2, -0.15) is 0 Å². The molecule has 112 valence electrons. The van der Waals surface area contributed by atoms with Gasteiger partial charge in [-0.1, -0.05) is 104 Å². The van der Waals surface area contributed by atoms with Crippen molar-refractivity contribution in [2.24, 2.45) is 11.8 Å². The van der Waals surface area contributed by atoms with E-state index in [1.807, 2.05) is 0 Å². The van der Waals surface area contributed by atoms with Crippen molar-refractivity contribution >= 4 is 6.71 Å². The van der Waals surface area contributed by atoms with E-state index in [0.29, 0.717) is 5.82 Å². The Kier molecular flexibility index (Phi) is 9.57. The fourth-order valence-electron chi connectivity index (χ4n) is 3.25. The predicted octanol–water partition coefficient (Wildman–Crippen LogP) is 6.71. The Morgan fingerprint density at radius 3 is 1.68 bits per heavy atom. The summed E-state index contributed by atoms with van der Waals surface area (Å²) in [6, 6.07) is 0. The molecule has 0 heterocycles. The van der Waals surface area contributed by atoms with E-state index in [-0.39, 0.29) is 0 Å². The summed E-state index contributed by atoms with van der Waals surface area (Å²) < 4.78 is 0. The molecular weight excluding hydrogens is 227 g/mol. The molecule has 0 nitrogen and oxygen atoms in total. The first-order valence-corrected chi connectivity index (χ1v) is 8.49. The molecule has 3 unspecified atom stereocenters. The van der Waals surface area contributed by atoms with Crippen LogP contribution >= 0.6 is 0 Å². The number of rotatable bonds is 10. The molecule has 0 N–H and O–H groups in total. The molecule has 0 amide bonds. The molecule has 0 aromatic heterocycles. The smallest absolute Gasteiger partial charge is 0.104 e. The fraction of sp³-hybridized carbons (Fsp3) is 0.889. The minimum Gasteiger partial charge on any atom is -0.104 e. The second-order valence-electron chi connectivity index (χ2n) is 7.18. The van der Waals surface area contributed by atoms with Gasteiger partial charge in [0.1, 0.15) is 0 Å². The van der Waals surface area contributed by atoms with Gasteiger partial charge in [-0.3, -0.25) is 0 Å². The molecule has 1 heteroatoms. The van der Waals surface area contributed by atoms with Crippen LogP contribution in [0.15, 0.2) is 12.7 Å². The van der Waals surface area contributed by atoms with E-state index in [4.69, 9.17) is 0 Å². The van der Waals surface area contributed by atoms with E-state index in [1.165, 1.54) is 25.7 Å². The van der Waals surface area contributed by atoms with Crippen LogP contribution in [0, 0.1) is 11.8 Å². The summed E-state index contributed by atoms with van der Waals surface area (Å²) >= 11 is 0. The lowest BCUT2D eigenvalue weighted by Crippen LogP contribution is -2.34. The molecule has 0 aliphatic rings. The molecule has 0 radical (unpaired) electrons. The van der Waals surface area contributed by atoms with Crippen molar-refractivity contribution in [3.05, 3.63) is 12.7 Å². The Morgan fingerprint density at radius 1 is 0.895 bits per heavy atom. The van der Waals surface area contributed by atoms with Crippen molar-refractivity contribution in [1.82, 2.24) is 0 Å². The van der Waals surface area contributed by atoms with E-state index in [0.717, 1.165) is 30.2 Å². The van der Waals surface area contributed by atoms with Gasteiger partial charge in [0.15, 0.2) is 6.71 Å². The summed E-state index contributed by atoms with van der Waals surface area (Å²) in [6.45, 7) is 21.6. The largest absolute Gasteiger partial charge is 0.153 e. The Labute approximate surface area is 123 Å². The van der Waals surface area contributed by atoms with Gasteiger partial charge in [-0.05, 0) is 5.82 Å². The van der Waals surface area contributed by atoms with E-state index in [1.54, 1.807) is 0 Å². The quantitative estimate of drug-likeness (QED) is 0.234. The zero-order valence-electron chi connectivity index (χ0n) is 14.6. The lowest BCUT2D eigenvalue weighted by Gasteiger charge is -2.36. The minimum atomic E-state index is 0.696. The summed E-state index contributed by atoms with van der Waals surface area (Å²) in [7, 11) is 0. The van der Waals surface area contributed by atoms with Gasteiger partial charge in [0.2, 0.25) is 0 Å². The second kappa shape index (κ2) is 9.67. The van der Waals surface area contributed by atoms with Crippen LogP contribution in [0.3, 0.4) is 0 Å². The van der Waals surface area contributed by atoms with Gasteiger partial charge >= 0.3 is 0 Å². The van der Waals surface area contributed by atoms with E-state index in [9.17, 15) is 0 Å². The Bertz CT molecular complexity index is 218. The van der Waals surface area contributed by atoms with Crippen LogP contribution in [0.25, 0.3) is 0 Å². The Morgan fingerprint density at radius 2 is 1.37 bits per heavy atom. The van der Waals surface area contributed by atoms with Crippen molar-refractivity contribution in [3.8, 4) is 0 Å². The molecule has 0 saturated carbocycles.